The molecule has 0 unspecified atom stereocenters. The first-order valence-electron chi connectivity index (χ1n) is 12.5. The monoisotopic (exact) mass is 509 g/mol. The van der Waals surface area contributed by atoms with Gasteiger partial charge in [-0.15, -0.1) is 0 Å². The summed E-state index contributed by atoms with van der Waals surface area (Å²) in [4.78, 5) is 0.294. The summed E-state index contributed by atoms with van der Waals surface area (Å²) in [5, 5.41) is 6.75. The lowest BCUT2D eigenvalue weighted by Gasteiger charge is -2.24. The van der Waals surface area contributed by atoms with Crippen molar-refractivity contribution in [1.82, 2.24) is 4.31 Å². The highest BCUT2D eigenvalue weighted by molar-refractivity contribution is 7.89. The summed E-state index contributed by atoms with van der Waals surface area (Å²) in [5.41, 5.74) is 2.74. The predicted molar refractivity (Wildman–Crippen MR) is 145 cm³/mol. The lowest BCUT2D eigenvalue weighted by atomic mass is 10.2. The summed E-state index contributed by atoms with van der Waals surface area (Å²) in [6.45, 7) is 4.70. The minimum absolute atomic E-state index is 0.294. The quantitative estimate of drug-likeness (QED) is 0.497. The first kappa shape index (κ1) is 25.9. The molecule has 0 aromatic heterocycles. The first-order chi connectivity index (χ1) is 17.5. The smallest absolute Gasteiger partial charge is 0.243 e. The Kier molecular flexibility index (Phi) is 9.08. The van der Waals surface area contributed by atoms with E-state index in [0.717, 1.165) is 47.7 Å². The molecule has 1 heterocycles. The largest absolute Gasteiger partial charge is 0.491 e. The Morgan fingerprint density at radius 1 is 0.694 bits per heavy atom. The minimum atomic E-state index is -3.67. The lowest BCUT2D eigenvalue weighted by molar-refractivity contribution is 0.280. The van der Waals surface area contributed by atoms with Gasteiger partial charge in [-0.1, -0.05) is 42.0 Å². The van der Waals surface area contributed by atoms with Gasteiger partial charge in [0.2, 0.25) is 10.0 Å². The molecule has 1 aliphatic rings. The Balaban J connectivity index is 1.55. The summed E-state index contributed by atoms with van der Waals surface area (Å²) < 4.78 is 40.6. The molecule has 0 amide bonds. The van der Waals surface area contributed by atoms with Gasteiger partial charge in [-0.2, -0.15) is 4.31 Å². The zero-order chi connectivity index (χ0) is 25.2. The fourth-order valence-electron chi connectivity index (χ4n) is 4.06. The fourth-order valence-corrected chi connectivity index (χ4v) is 5.51. The second-order valence-corrected chi connectivity index (χ2v) is 10.8. The van der Waals surface area contributed by atoms with E-state index >= 15 is 0 Å². The average molecular weight is 510 g/mol. The molecule has 0 aliphatic carbocycles. The zero-order valence-corrected chi connectivity index (χ0v) is 21.6. The highest BCUT2D eigenvalue weighted by atomic mass is 32.2. The number of sulfonamides is 1. The summed E-state index contributed by atoms with van der Waals surface area (Å²) in [6.07, 6.45) is 2.87. The van der Waals surface area contributed by atoms with Crippen LogP contribution in [0.25, 0.3) is 0 Å². The molecule has 0 fully saturated rings. The van der Waals surface area contributed by atoms with E-state index < -0.39 is 10.0 Å². The number of hydrogen-bond acceptors (Lipinski definition) is 6. The van der Waals surface area contributed by atoms with E-state index in [9.17, 15) is 8.42 Å². The van der Waals surface area contributed by atoms with E-state index in [1.54, 1.807) is 12.1 Å². The Bertz CT molecular complexity index is 1160. The molecular formula is C28H35N3O4S. The van der Waals surface area contributed by atoms with Gasteiger partial charge in [0.05, 0.1) is 29.5 Å². The number of para-hydroxylation sites is 4. The van der Waals surface area contributed by atoms with Crippen LogP contribution in [0.1, 0.15) is 24.8 Å². The standard InChI is InChI=1S/C28H35N3O4S/c1-23-13-15-24(16-14-23)36(32,33)31-19-17-29-25-9-3-5-11-27(25)34-21-7-2-8-22-35-28-12-6-4-10-26(28)30-18-20-31/h3-6,9-16,29-30H,2,7-8,17-22H2,1H3. The van der Waals surface area contributed by atoms with Crippen LogP contribution in [0.5, 0.6) is 11.5 Å². The molecule has 4 rings (SSSR count). The second-order valence-electron chi connectivity index (χ2n) is 8.82. The number of fused-ring (bicyclic) bond motifs is 2. The Labute approximate surface area is 214 Å². The van der Waals surface area contributed by atoms with Gasteiger partial charge in [0.25, 0.3) is 0 Å². The fraction of sp³-hybridized carbons (Fsp3) is 0.357. The van der Waals surface area contributed by atoms with E-state index in [4.69, 9.17) is 9.47 Å². The molecule has 0 saturated carbocycles. The van der Waals surface area contributed by atoms with E-state index in [1.165, 1.54) is 4.31 Å². The minimum Gasteiger partial charge on any atom is -0.491 e. The molecule has 8 heteroatoms. The van der Waals surface area contributed by atoms with Crippen molar-refractivity contribution in [1.29, 1.82) is 0 Å². The summed E-state index contributed by atoms with van der Waals surface area (Å²) in [5.74, 6) is 1.55. The summed E-state index contributed by atoms with van der Waals surface area (Å²) in [7, 11) is -3.67. The predicted octanol–water partition coefficient (Wildman–Crippen LogP) is 5.15. The lowest BCUT2D eigenvalue weighted by Crippen LogP contribution is -2.38. The maximum Gasteiger partial charge on any atom is 0.243 e. The van der Waals surface area contributed by atoms with E-state index in [0.29, 0.717) is 44.3 Å². The van der Waals surface area contributed by atoms with Crippen molar-refractivity contribution >= 4 is 21.4 Å². The molecule has 1 aliphatic heterocycles. The third kappa shape index (κ3) is 6.92. The van der Waals surface area contributed by atoms with Crippen LogP contribution < -0.4 is 20.1 Å². The van der Waals surface area contributed by atoms with E-state index in [2.05, 4.69) is 10.6 Å². The van der Waals surface area contributed by atoms with Crippen molar-refractivity contribution in [3.8, 4) is 11.5 Å². The van der Waals surface area contributed by atoms with Crippen LogP contribution in [0.2, 0.25) is 0 Å². The molecule has 0 saturated heterocycles. The number of nitrogens with one attached hydrogen (secondary N) is 2. The normalized spacial score (nSPS) is 16.5. The molecule has 0 bridgehead atoms. The zero-order valence-electron chi connectivity index (χ0n) is 20.8. The maximum atomic E-state index is 13.5. The van der Waals surface area contributed by atoms with Crippen LogP contribution in [0.4, 0.5) is 11.4 Å². The molecule has 3 aromatic carbocycles. The van der Waals surface area contributed by atoms with Crippen LogP contribution in [-0.4, -0.2) is 52.1 Å². The third-order valence-corrected chi connectivity index (χ3v) is 8.00. The van der Waals surface area contributed by atoms with Gasteiger partial charge in [-0.25, -0.2) is 8.42 Å². The summed E-state index contributed by atoms with van der Waals surface area (Å²) >= 11 is 0. The SMILES string of the molecule is Cc1ccc(S(=O)(=O)N2CCNc3ccccc3OCCCCCOc3ccccc3NCC2)cc1. The Hall–Kier alpha value is -3.23. The van der Waals surface area contributed by atoms with Gasteiger partial charge in [0.1, 0.15) is 11.5 Å². The van der Waals surface area contributed by atoms with Crippen LogP contribution >= 0.6 is 0 Å². The Morgan fingerprint density at radius 3 is 1.72 bits per heavy atom. The molecule has 0 radical (unpaired) electrons. The van der Waals surface area contributed by atoms with Crippen molar-refractivity contribution in [2.75, 3.05) is 50.0 Å². The molecular weight excluding hydrogens is 474 g/mol. The van der Waals surface area contributed by atoms with Gasteiger partial charge < -0.3 is 20.1 Å². The summed E-state index contributed by atoms with van der Waals surface area (Å²) in [6, 6.07) is 22.6. The second kappa shape index (κ2) is 12.6. The van der Waals surface area contributed by atoms with Gasteiger partial charge in [0, 0.05) is 26.2 Å². The highest BCUT2D eigenvalue weighted by Crippen LogP contribution is 2.26. The molecule has 3 aromatic rings. The van der Waals surface area contributed by atoms with Crippen molar-refractivity contribution < 1.29 is 17.9 Å². The first-order valence-corrected chi connectivity index (χ1v) is 14.0. The van der Waals surface area contributed by atoms with Crippen molar-refractivity contribution in [3.63, 3.8) is 0 Å². The highest BCUT2D eigenvalue weighted by Gasteiger charge is 2.24. The number of aryl methyl sites for hydroxylation is 1. The molecule has 2 N–H and O–H groups in total. The topological polar surface area (TPSA) is 79.9 Å². The number of ether oxygens (including phenoxy) is 2. The van der Waals surface area contributed by atoms with Crippen LogP contribution in [-0.2, 0) is 10.0 Å². The van der Waals surface area contributed by atoms with Gasteiger partial charge in [-0.05, 0) is 62.6 Å². The van der Waals surface area contributed by atoms with Crippen molar-refractivity contribution in [2.24, 2.45) is 0 Å². The van der Waals surface area contributed by atoms with Crippen molar-refractivity contribution in [2.45, 2.75) is 31.1 Å². The number of anilines is 2. The van der Waals surface area contributed by atoms with Crippen LogP contribution in [0.3, 0.4) is 0 Å². The van der Waals surface area contributed by atoms with Gasteiger partial charge in [-0.3, -0.25) is 0 Å². The van der Waals surface area contributed by atoms with Gasteiger partial charge >= 0.3 is 0 Å². The molecule has 0 spiro atoms. The van der Waals surface area contributed by atoms with Gasteiger partial charge in [0.15, 0.2) is 0 Å². The van der Waals surface area contributed by atoms with Crippen LogP contribution in [0.15, 0.2) is 77.7 Å². The number of nitrogens with zero attached hydrogens (tertiary/aromatic N) is 1. The average Bonchev–Trinajstić information content (AvgIpc) is 2.88. The molecule has 192 valence electrons. The molecule has 0 atom stereocenters. The molecule has 36 heavy (non-hydrogen) atoms. The van der Waals surface area contributed by atoms with E-state index in [1.807, 2.05) is 67.6 Å². The number of rotatable bonds is 2. The van der Waals surface area contributed by atoms with Crippen molar-refractivity contribution in [3.05, 3.63) is 78.4 Å². The third-order valence-electron chi connectivity index (χ3n) is 6.09. The number of benzene rings is 3. The number of hydrogen-bond donors (Lipinski definition) is 2. The van der Waals surface area contributed by atoms with E-state index in [-0.39, 0.29) is 0 Å². The van der Waals surface area contributed by atoms with Crippen LogP contribution in [0, 0.1) is 6.92 Å². The Morgan fingerprint density at radius 2 is 1.19 bits per heavy atom. The molecule has 7 nitrogen and oxygen atoms in total. The maximum absolute atomic E-state index is 13.5.